The summed E-state index contributed by atoms with van der Waals surface area (Å²) >= 11 is 0. The lowest BCUT2D eigenvalue weighted by molar-refractivity contribution is 0.0621. The highest BCUT2D eigenvalue weighted by molar-refractivity contribution is 5.97. The van der Waals surface area contributed by atoms with E-state index in [1.54, 1.807) is 0 Å². The Kier molecular flexibility index (Phi) is 5.18. The van der Waals surface area contributed by atoms with Crippen LogP contribution in [-0.4, -0.2) is 55.3 Å². The standard InChI is InChI=1S/C18H26N2O3/c1-13-10-20(11-14(2)19-13)18(21)16-7-3-4-8-17(16)23-12-15-6-5-9-22-15/h3-4,7-8,13-15,19H,5-6,9-12H2,1-2H3/t13-,14-,15+/m1/s1. The predicted octanol–water partition coefficient (Wildman–Crippen LogP) is 2.07. The third-order valence-electron chi connectivity index (χ3n) is 4.41. The van der Waals surface area contributed by atoms with Crippen molar-refractivity contribution in [2.75, 3.05) is 26.3 Å². The summed E-state index contributed by atoms with van der Waals surface area (Å²) in [5, 5.41) is 3.45. The second-order valence-corrected chi connectivity index (χ2v) is 6.62. The quantitative estimate of drug-likeness (QED) is 0.923. The number of carbonyl (C=O) groups is 1. The molecule has 1 aromatic carbocycles. The zero-order valence-corrected chi connectivity index (χ0v) is 14.0. The van der Waals surface area contributed by atoms with Crippen molar-refractivity contribution in [3.8, 4) is 5.75 Å². The Morgan fingerprint density at radius 3 is 2.74 bits per heavy atom. The first-order valence-corrected chi connectivity index (χ1v) is 8.52. The molecule has 1 amide bonds. The van der Waals surface area contributed by atoms with Crippen LogP contribution in [0.15, 0.2) is 24.3 Å². The number of amides is 1. The smallest absolute Gasteiger partial charge is 0.257 e. The second-order valence-electron chi connectivity index (χ2n) is 6.62. The fourth-order valence-corrected chi connectivity index (χ4v) is 3.39. The lowest BCUT2D eigenvalue weighted by Gasteiger charge is -2.36. The van der Waals surface area contributed by atoms with Crippen molar-refractivity contribution in [2.45, 2.75) is 44.9 Å². The zero-order chi connectivity index (χ0) is 16.2. The molecule has 126 valence electrons. The number of rotatable bonds is 4. The number of hydrogen-bond acceptors (Lipinski definition) is 4. The molecule has 3 rings (SSSR count). The lowest BCUT2D eigenvalue weighted by atomic mass is 10.1. The monoisotopic (exact) mass is 318 g/mol. The van der Waals surface area contributed by atoms with Crippen LogP contribution in [0.25, 0.3) is 0 Å². The molecule has 2 saturated heterocycles. The van der Waals surface area contributed by atoms with Crippen LogP contribution in [0.5, 0.6) is 5.75 Å². The van der Waals surface area contributed by atoms with Crippen molar-refractivity contribution < 1.29 is 14.3 Å². The lowest BCUT2D eigenvalue weighted by Crippen LogP contribution is -2.55. The van der Waals surface area contributed by atoms with E-state index in [1.807, 2.05) is 29.2 Å². The van der Waals surface area contributed by atoms with E-state index < -0.39 is 0 Å². The highest BCUT2D eigenvalue weighted by atomic mass is 16.5. The molecule has 2 aliphatic heterocycles. The van der Waals surface area contributed by atoms with Gasteiger partial charge in [-0.25, -0.2) is 0 Å². The molecule has 2 fully saturated rings. The van der Waals surface area contributed by atoms with Gasteiger partial charge in [-0.2, -0.15) is 0 Å². The Labute approximate surface area is 137 Å². The molecule has 0 bridgehead atoms. The van der Waals surface area contributed by atoms with E-state index in [-0.39, 0.29) is 12.0 Å². The Morgan fingerprint density at radius 1 is 1.30 bits per heavy atom. The number of hydrogen-bond donors (Lipinski definition) is 1. The minimum absolute atomic E-state index is 0.0492. The molecule has 23 heavy (non-hydrogen) atoms. The first-order chi connectivity index (χ1) is 11.1. The van der Waals surface area contributed by atoms with E-state index in [1.165, 1.54) is 0 Å². The van der Waals surface area contributed by atoms with Crippen molar-refractivity contribution in [3.63, 3.8) is 0 Å². The van der Waals surface area contributed by atoms with Gasteiger partial charge in [-0.15, -0.1) is 0 Å². The SMILES string of the molecule is C[C@@H]1CN(C(=O)c2ccccc2OC[C@@H]2CCCO2)C[C@@H](C)N1. The van der Waals surface area contributed by atoms with Gasteiger partial charge < -0.3 is 19.7 Å². The van der Waals surface area contributed by atoms with Gasteiger partial charge in [0.15, 0.2) is 0 Å². The average Bonchev–Trinajstić information content (AvgIpc) is 3.05. The van der Waals surface area contributed by atoms with Crippen LogP contribution < -0.4 is 10.1 Å². The van der Waals surface area contributed by atoms with E-state index >= 15 is 0 Å². The van der Waals surface area contributed by atoms with Crippen LogP contribution in [0.2, 0.25) is 0 Å². The average molecular weight is 318 g/mol. The maximum Gasteiger partial charge on any atom is 0.257 e. The molecule has 0 aromatic heterocycles. The van der Waals surface area contributed by atoms with E-state index in [0.29, 0.717) is 30.0 Å². The number of ether oxygens (including phenoxy) is 2. The van der Waals surface area contributed by atoms with Crippen LogP contribution in [0.1, 0.15) is 37.0 Å². The van der Waals surface area contributed by atoms with Gasteiger partial charge in [0.1, 0.15) is 12.4 Å². The van der Waals surface area contributed by atoms with Crippen molar-refractivity contribution in [1.29, 1.82) is 0 Å². The molecule has 3 atom stereocenters. The summed E-state index contributed by atoms with van der Waals surface area (Å²) in [7, 11) is 0. The summed E-state index contributed by atoms with van der Waals surface area (Å²) in [4.78, 5) is 14.8. The Morgan fingerprint density at radius 2 is 2.04 bits per heavy atom. The number of piperazine rings is 1. The number of nitrogens with zero attached hydrogens (tertiary/aromatic N) is 1. The Bertz CT molecular complexity index is 533. The van der Waals surface area contributed by atoms with Crippen molar-refractivity contribution in [2.24, 2.45) is 0 Å². The first kappa shape index (κ1) is 16.3. The van der Waals surface area contributed by atoms with E-state index in [9.17, 15) is 4.79 Å². The van der Waals surface area contributed by atoms with Crippen LogP contribution in [0.4, 0.5) is 0 Å². The summed E-state index contributed by atoms with van der Waals surface area (Å²) in [6, 6.07) is 8.14. The summed E-state index contributed by atoms with van der Waals surface area (Å²) in [6.07, 6.45) is 2.27. The van der Waals surface area contributed by atoms with Crippen LogP contribution in [-0.2, 0) is 4.74 Å². The third-order valence-corrected chi connectivity index (χ3v) is 4.41. The highest BCUT2D eigenvalue weighted by Gasteiger charge is 2.27. The molecular weight excluding hydrogens is 292 g/mol. The van der Waals surface area contributed by atoms with Crippen LogP contribution in [0.3, 0.4) is 0 Å². The molecule has 5 heteroatoms. The predicted molar refractivity (Wildman–Crippen MR) is 88.9 cm³/mol. The third kappa shape index (κ3) is 4.03. The van der Waals surface area contributed by atoms with Gasteiger partial charge in [-0.05, 0) is 38.8 Å². The first-order valence-electron chi connectivity index (χ1n) is 8.52. The van der Waals surface area contributed by atoms with Crippen molar-refractivity contribution in [3.05, 3.63) is 29.8 Å². The molecule has 2 aliphatic rings. The fourth-order valence-electron chi connectivity index (χ4n) is 3.39. The summed E-state index contributed by atoms with van der Waals surface area (Å²) < 4.78 is 11.5. The maximum absolute atomic E-state index is 12.9. The van der Waals surface area contributed by atoms with Crippen LogP contribution in [0, 0.1) is 0 Å². The maximum atomic E-state index is 12.9. The largest absolute Gasteiger partial charge is 0.490 e. The Balaban J connectivity index is 1.69. The van der Waals surface area contributed by atoms with Crippen LogP contribution >= 0.6 is 0 Å². The van der Waals surface area contributed by atoms with Gasteiger partial charge in [0.25, 0.3) is 5.91 Å². The molecule has 0 saturated carbocycles. The van der Waals surface area contributed by atoms with E-state index in [4.69, 9.17) is 9.47 Å². The molecule has 2 heterocycles. The molecule has 0 radical (unpaired) electrons. The molecule has 5 nitrogen and oxygen atoms in total. The number of nitrogens with one attached hydrogen (secondary N) is 1. The summed E-state index contributed by atoms with van der Waals surface area (Å²) in [5.41, 5.74) is 0.645. The van der Waals surface area contributed by atoms with E-state index in [0.717, 1.165) is 32.5 Å². The van der Waals surface area contributed by atoms with Gasteiger partial charge in [0.05, 0.1) is 11.7 Å². The summed E-state index contributed by atoms with van der Waals surface area (Å²) in [5.74, 6) is 0.708. The number of para-hydroxylation sites is 1. The molecule has 0 spiro atoms. The minimum atomic E-state index is 0.0492. The normalized spacial score (nSPS) is 27.9. The molecule has 1 N–H and O–H groups in total. The fraction of sp³-hybridized carbons (Fsp3) is 0.611. The molecule has 0 aliphatic carbocycles. The highest BCUT2D eigenvalue weighted by Crippen LogP contribution is 2.23. The topological polar surface area (TPSA) is 50.8 Å². The van der Waals surface area contributed by atoms with E-state index in [2.05, 4.69) is 19.2 Å². The van der Waals surface area contributed by atoms with Gasteiger partial charge in [0.2, 0.25) is 0 Å². The van der Waals surface area contributed by atoms with Crippen molar-refractivity contribution in [1.82, 2.24) is 10.2 Å². The zero-order valence-electron chi connectivity index (χ0n) is 14.0. The Hall–Kier alpha value is -1.59. The molecule has 0 unspecified atom stereocenters. The van der Waals surface area contributed by atoms with Gasteiger partial charge in [-0.3, -0.25) is 4.79 Å². The molecule has 1 aromatic rings. The van der Waals surface area contributed by atoms with Gasteiger partial charge >= 0.3 is 0 Å². The second kappa shape index (κ2) is 7.32. The number of benzene rings is 1. The number of carbonyl (C=O) groups excluding carboxylic acids is 1. The minimum Gasteiger partial charge on any atom is -0.490 e. The van der Waals surface area contributed by atoms with Gasteiger partial charge in [0, 0.05) is 31.8 Å². The van der Waals surface area contributed by atoms with Crippen molar-refractivity contribution >= 4 is 5.91 Å². The molecular formula is C18H26N2O3. The summed E-state index contributed by atoms with van der Waals surface area (Å²) in [6.45, 7) is 6.99. The van der Waals surface area contributed by atoms with Gasteiger partial charge in [-0.1, -0.05) is 12.1 Å².